The van der Waals surface area contributed by atoms with Crippen molar-refractivity contribution in [2.45, 2.75) is 144 Å². The molecule has 0 aromatic heterocycles. The molecular formula is C39H58N2O7. The van der Waals surface area contributed by atoms with Crippen LogP contribution in [0.25, 0.3) is 0 Å². The van der Waals surface area contributed by atoms with E-state index in [1.807, 2.05) is 73.6 Å². The van der Waals surface area contributed by atoms with Gasteiger partial charge in [-0.2, -0.15) is 0 Å². The van der Waals surface area contributed by atoms with E-state index < -0.39 is 17.0 Å². The fraction of sp³-hybridized carbons (Fsp3) is 0.641. The average Bonchev–Trinajstić information content (AvgIpc) is 2.93. The van der Waals surface area contributed by atoms with E-state index in [-0.39, 0.29) is 36.7 Å². The molecule has 9 heteroatoms. The van der Waals surface area contributed by atoms with E-state index in [2.05, 4.69) is 48.8 Å². The summed E-state index contributed by atoms with van der Waals surface area (Å²) in [5.74, 6) is 0.328. The zero-order valence-electron chi connectivity index (χ0n) is 31.2. The Morgan fingerprint density at radius 3 is 1.98 bits per heavy atom. The van der Waals surface area contributed by atoms with Gasteiger partial charge in [-0.25, -0.2) is 0 Å². The molecule has 0 N–H and O–H groups in total. The predicted molar refractivity (Wildman–Crippen MR) is 187 cm³/mol. The Balaban J connectivity index is 1.68. The SMILES string of the molecule is CCC(CN(CC(=O)OC(C)(C)C)Cc1cccc2c1OC(C)(C)CC2)N(CC(=O)OC(C)(C)C)Cc1cccc2c1OC(C)(C)OC2. The maximum absolute atomic E-state index is 13.4. The average molecular weight is 667 g/mol. The van der Waals surface area contributed by atoms with Gasteiger partial charge in [0.25, 0.3) is 0 Å². The van der Waals surface area contributed by atoms with Crippen molar-refractivity contribution in [1.29, 1.82) is 0 Å². The number of esters is 2. The van der Waals surface area contributed by atoms with Gasteiger partial charge in [0, 0.05) is 56.2 Å². The van der Waals surface area contributed by atoms with Crippen LogP contribution in [0.2, 0.25) is 0 Å². The molecule has 2 heterocycles. The van der Waals surface area contributed by atoms with Crippen LogP contribution in [-0.4, -0.2) is 70.0 Å². The van der Waals surface area contributed by atoms with E-state index in [9.17, 15) is 9.59 Å². The van der Waals surface area contributed by atoms with E-state index in [4.69, 9.17) is 23.7 Å². The number of nitrogens with zero attached hydrogens (tertiary/aromatic N) is 2. The predicted octanol–water partition coefficient (Wildman–Crippen LogP) is 7.20. The van der Waals surface area contributed by atoms with Gasteiger partial charge in [-0.3, -0.25) is 19.4 Å². The summed E-state index contributed by atoms with van der Waals surface area (Å²) in [4.78, 5) is 31.0. The van der Waals surface area contributed by atoms with E-state index in [0.29, 0.717) is 26.2 Å². The maximum Gasteiger partial charge on any atom is 0.320 e. The van der Waals surface area contributed by atoms with Crippen LogP contribution in [0.4, 0.5) is 0 Å². The monoisotopic (exact) mass is 666 g/mol. The molecule has 0 amide bonds. The number of aryl methyl sites for hydroxylation is 1. The number of carbonyl (C=O) groups excluding carboxylic acids is 2. The molecule has 1 atom stereocenters. The number of fused-ring (bicyclic) bond motifs is 2. The topological polar surface area (TPSA) is 86.8 Å². The highest BCUT2D eigenvalue weighted by Crippen LogP contribution is 2.37. The smallest absolute Gasteiger partial charge is 0.320 e. The van der Waals surface area contributed by atoms with Crippen molar-refractivity contribution in [3.8, 4) is 11.5 Å². The lowest BCUT2D eigenvalue weighted by Gasteiger charge is -2.38. The normalized spacial score (nSPS) is 17.5. The minimum absolute atomic E-state index is 0.0810. The first-order valence-corrected chi connectivity index (χ1v) is 17.4. The Kier molecular flexibility index (Phi) is 11.6. The molecule has 48 heavy (non-hydrogen) atoms. The van der Waals surface area contributed by atoms with Gasteiger partial charge in [0.05, 0.1) is 19.7 Å². The highest BCUT2D eigenvalue weighted by atomic mass is 16.7. The van der Waals surface area contributed by atoms with Crippen LogP contribution in [0, 0.1) is 0 Å². The fourth-order valence-electron chi connectivity index (χ4n) is 6.24. The van der Waals surface area contributed by atoms with Gasteiger partial charge in [-0.15, -0.1) is 0 Å². The van der Waals surface area contributed by atoms with Crippen LogP contribution in [0.5, 0.6) is 11.5 Å². The molecule has 0 bridgehead atoms. The molecule has 9 nitrogen and oxygen atoms in total. The minimum atomic E-state index is -0.765. The van der Waals surface area contributed by atoms with Crippen LogP contribution in [0.15, 0.2) is 36.4 Å². The molecule has 2 aliphatic rings. The van der Waals surface area contributed by atoms with Crippen molar-refractivity contribution in [1.82, 2.24) is 9.80 Å². The summed E-state index contributed by atoms with van der Waals surface area (Å²) in [6.45, 7) is 23.5. The van der Waals surface area contributed by atoms with Crippen LogP contribution >= 0.6 is 0 Å². The summed E-state index contributed by atoms with van der Waals surface area (Å²) < 4.78 is 30.4. The molecule has 266 valence electrons. The third-order valence-electron chi connectivity index (χ3n) is 8.40. The van der Waals surface area contributed by atoms with Crippen molar-refractivity contribution >= 4 is 11.9 Å². The molecule has 0 radical (unpaired) electrons. The lowest BCUT2D eigenvalue weighted by atomic mass is 9.92. The molecule has 0 spiro atoms. The quantitative estimate of drug-likeness (QED) is 0.218. The maximum atomic E-state index is 13.4. The van der Waals surface area contributed by atoms with Gasteiger partial charge in [0.1, 0.15) is 28.3 Å². The molecule has 0 aliphatic carbocycles. The molecule has 2 aromatic rings. The first-order valence-electron chi connectivity index (χ1n) is 17.4. The van der Waals surface area contributed by atoms with Crippen molar-refractivity contribution in [2.24, 2.45) is 0 Å². The molecular weight excluding hydrogens is 608 g/mol. The second-order valence-corrected chi connectivity index (χ2v) is 16.3. The Labute approximate surface area is 288 Å². The number of benzene rings is 2. The van der Waals surface area contributed by atoms with Gasteiger partial charge < -0.3 is 23.7 Å². The number of carbonyl (C=O) groups is 2. The highest BCUT2D eigenvalue weighted by Gasteiger charge is 2.33. The summed E-state index contributed by atoms with van der Waals surface area (Å²) in [5.41, 5.74) is 2.65. The standard InChI is InChI=1S/C39H58N2O7/c1-12-31(41(25-33(43)46-37(5,6)7)22-29-17-14-18-30-26-44-39(10,11)48-35(29)30)23-40(24-32(42)45-36(2,3)4)21-28-16-13-15-27-19-20-38(8,9)47-34(27)28/h13-18,31H,12,19-26H2,1-11H3. The fourth-order valence-corrected chi connectivity index (χ4v) is 6.24. The zero-order chi connectivity index (χ0) is 35.5. The number of ether oxygens (including phenoxy) is 5. The third kappa shape index (κ3) is 10.9. The Bertz CT molecular complexity index is 1440. The van der Waals surface area contributed by atoms with E-state index in [1.54, 1.807) is 0 Å². The Morgan fingerprint density at radius 2 is 1.38 bits per heavy atom. The van der Waals surface area contributed by atoms with Gasteiger partial charge in [0.2, 0.25) is 5.79 Å². The molecule has 1 unspecified atom stereocenters. The van der Waals surface area contributed by atoms with Crippen LogP contribution in [0.1, 0.15) is 111 Å². The van der Waals surface area contributed by atoms with Crippen molar-refractivity contribution in [2.75, 3.05) is 19.6 Å². The summed E-state index contributed by atoms with van der Waals surface area (Å²) in [6.07, 6.45) is 2.61. The second-order valence-electron chi connectivity index (χ2n) is 16.3. The lowest BCUT2D eigenvalue weighted by molar-refractivity contribution is -0.180. The zero-order valence-corrected chi connectivity index (χ0v) is 31.2. The second kappa shape index (κ2) is 14.8. The number of para-hydroxylation sites is 2. The third-order valence-corrected chi connectivity index (χ3v) is 8.40. The van der Waals surface area contributed by atoms with Crippen LogP contribution < -0.4 is 9.47 Å². The van der Waals surface area contributed by atoms with Crippen LogP contribution in [-0.2, 0) is 49.9 Å². The van der Waals surface area contributed by atoms with Crippen molar-refractivity contribution < 1.29 is 33.3 Å². The molecule has 4 rings (SSSR count). The van der Waals surface area contributed by atoms with E-state index in [0.717, 1.165) is 47.5 Å². The Morgan fingerprint density at radius 1 is 0.812 bits per heavy atom. The van der Waals surface area contributed by atoms with Gasteiger partial charge in [-0.05, 0) is 80.2 Å². The van der Waals surface area contributed by atoms with Crippen LogP contribution in [0.3, 0.4) is 0 Å². The summed E-state index contributed by atoms with van der Waals surface area (Å²) in [7, 11) is 0. The van der Waals surface area contributed by atoms with E-state index >= 15 is 0 Å². The molecule has 2 aromatic carbocycles. The summed E-state index contributed by atoms with van der Waals surface area (Å²) >= 11 is 0. The first kappa shape index (κ1) is 37.7. The largest absolute Gasteiger partial charge is 0.487 e. The van der Waals surface area contributed by atoms with Crippen molar-refractivity contribution in [3.05, 3.63) is 58.7 Å². The molecule has 0 saturated carbocycles. The van der Waals surface area contributed by atoms with Gasteiger partial charge in [0.15, 0.2) is 0 Å². The number of hydrogen-bond donors (Lipinski definition) is 0. The van der Waals surface area contributed by atoms with Gasteiger partial charge in [-0.1, -0.05) is 43.3 Å². The number of rotatable bonds is 12. The molecule has 2 aliphatic heterocycles. The summed E-state index contributed by atoms with van der Waals surface area (Å²) in [5, 5.41) is 0. The highest BCUT2D eigenvalue weighted by molar-refractivity contribution is 5.72. The Hall–Kier alpha value is -3.14. The van der Waals surface area contributed by atoms with Gasteiger partial charge >= 0.3 is 11.9 Å². The molecule has 0 saturated heterocycles. The lowest BCUT2D eigenvalue weighted by Crippen LogP contribution is -2.48. The molecule has 0 fully saturated rings. The van der Waals surface area contributed by atoms with Crippen molar-refractivity contribution in [3.63, 3.8) is 0 Å². The number of hydrogen-bond acceptors (Lipinski definition) is 9. The minimum Gasteiger partial charge on any atom is -0.487 e. The van der Waals surface area contributed by atoms with E-state index in [1.165, 1.54) is 5.56 Å². The summed E-state index contributed by atoms with van der Waals surface area (Å²) in [6, 6.07) is 12.2. The first-order chi connectivity index (χ1) is 22.2.